The number of benzene rings is 1. The van der Waals surface area contributed by atoms with Crippen molar-refractivity contribution in [3.63, 3.8) is 0 Å². The minimum absolute atomic E-state index is 0.147. The number of nitro benzene ring substituents is 1. The monoisotopic (exact) mass is 236 g/mol. The zero-order valence-corrected chi connectivity index (χ0v) is 10.8. The predicted octanol–water partition coefficient (Wildman–Crippen LogP) is 2.94. The first-order valence-corrected chi connectivity index (χ1v) is 5.89. The maximum absolute atomic E-state index is 10.6. The van der Waals surface area contributed by atoms with Crippen LogP contribution in [0.5, 0.6) is 0 Å². The highest BCUT2D eigenvalue weighted by Crippen LogP contribution is 2.29. The van der Waals surface area contributed by atoms with Gasteiger partial charge in [-0.15, -0.1) is 0 Å². The van der Waals surface area contributed by atoms with Crippen molar-refractivity contribution in [2.24, 2.45) is 5.92 Å². The molecule has 0 radical (unpaired) electrons. The van der Waals surface area contributed by atoms with Crippen molar-refractivity contribution in [2.45, 2.75) is 32.7 Å². The quantitative estimate of drug-likeness (QED) is 0.631. The number of likely N-dealkylation sites (N-methyl/N-ethyl adjacent to an activating group) is 1. The normalized spacial score (nSPS) is 14.6. The molecule has 0 saturated heterocycles. The first kappa shape index (κ1) is 13.6. The minimum atomic E-state index is -0.365. The van der Waals surface area contributed by atoms with Crippen molar-refractivity contribution in [3.8, 4) is 0 Å². The highest BCUT2D eigenvalue weighted by atomic mass is 16.6. The van der Waals surface area contributed by atoms with E-state index in [4.69, 9.17) is 0 Å². The molecule has 0 heterocycles. The van der Waals surface area contributed by atoms with Crippen LogP contribution in [0.3, 0.4) is 0 Å². The molecule has 0 aromatic heterocycles. The number of nitro groups is 1. The van der Waals surface area contributed by atoms with Crippen LogP contribution in [-0.4, -0.2) is 18.0 Å². The summed E-state index contributed by atoms with van der Waals surface area (Å²) in [6.45, 7) is 6.46. The van der Waals surface area contributed by atoms with Crippen molar-refractivity contribution in [2.75, 3.05) is 7.05 Å². The number of rotatable bonds is 5. The summed E-state index contributed by atoms with van der Waals surface area (Å²) in [7, 11) is 1.94. The second-order valence-corrected chi connectivity index (χ2v) is 4.70. The maximum atomic E-state index is 10.6. The average Bonchev–Trinajstić information content (AvgIpc) is 2.29. The van der Waals surface area contributed by atoms with Crippen molar-refractivity contribution in [3.05, 3.63) is 39.9 Å². The van der Waals surface area contributed by atoms with Crippen LogP contribution in [0.25, 0.3) is 0 Å². The standard InChI is InChI=1S/C13H20N2O2/c1-9(2)13(10(3)14-4)11-5-7-12(8-6-11)15(16)17/h5-10,13-14H,1-4H3. The first-order valence-electron chi connectivity index (χ1n) is 5.89. The molecular weight excluding hydrogens is 216 g/mol. The van der Waals surface area contributed by atoms with Crippen molar-refractivity contribution < 1.29 is 4.92 Å². The van der Waals surface area contributed by atoms with Crippen LogP contribution in [0.15, 0.2) is 24.3 Å². The molecule has 2 atom stereocenters. The number of hydrogen-bond donors (Lipinski definition) is 1. The van der Waals surface area contributed by atoms with E-state index in [9.17, 15) is 10.1 Å². The molecule has 0 aliphatic carbocycles. The van der Waals surface area contributed by atoms with E-state index in [1.165, 1.54) is 0 Å². The van der Waals surface area contributed by atoms with Gasteiger partial charge < -0.3 is 5.32 Å². The highest BCUT2D eigenvalue weighted by Gasteiger charge is 2.22. The van der Waals surface area contributed by atoms with Gasteiger partial charge >= 0.3 is 0 Å². The SMILES string of the molecule is CNC(C)C(c1ccc([N+](=O)[O-])cc1)C(C)C. The molecule has 0 fully saturated rings. The van der Waals surface area contributed by atoms with Gasteiger partial charge in [0.15, 0.2) is 0 Å². The van der Waals surface area contributed by atoms with Gasteiger partial charge in [0.25, 0.3) is 5.69 Å². The summed E-state index contributed by atoms with van der Waals surface area (Å²) in [5.74, 6) is 0.847. The molecule has 0 aliphatic heterocycles. The largest absolute Gasteiger partial charge is 0.317 e. The van der Waals surface area contributed by atoms with Gasteiger partial charge in [-0.05, 0) is 25.5 Å². The Morgan fingerprint density at radius 2 is 1.71 bits per heavy atom. The van der Waals surface area contributed by atoms with Gasteiger partial charge in [0, 0.05) is 24.1 Å². The Labute approximate surface area is 102 Å². The van der Waals surface area contributed by atoms with Gasteiger partial charge in [-0.1, -0.05) is 26.0 Å². The van der Waals surface area contributed by atoms with Crippen LogP contribution in [0.4, 0.5) is 5.69 Å². The first-order chi connectivity index (χ1) is 7.97. The predicted molar refractivity (Wildman–Crippen MR) is 69.2 cm³/mol. The Kier molecular flexibility index (Phi) is 4.63. The number of nitrogens with one attached hydrogen (secondary N) is 1. The van der Waals surface area contributed by atoms with Gasteiger partial charge in [-0.25, -0.2) is 0 Å². The summed E-state index contributed by atoms with van der Waals surface area (Å²) in [5, 5.41) is 13.8. The third-order valence-corrected chi connectivity index (χ3v) is 3.20. The van der Waals surface area contributed by atoms with Gasteiger partial charge in [0.2, 0.25) is 0 Å². The fraction of sp³-hybridized carbons (Fsp3) is 0.538. The molecule has 1 N–H and O–H groups in total. The smallest absolute Gasteiger partial charge is 0.269 e. The molecule has 2 unspecified atom stereocenters. The second kappa shape index (κ2) is 5.77. The third kappa shape index (κ3) is 3.27. The van der Waals surface area contributed by atoms with Crippen LogP contribution in [0.1, 0.15) is 32.3 Å². The van der Waals surface area contributed by atoms with E-state index >= 15 is 0 Å². The molecule has 0 bridgehead atoms. The van der Waals surface area contributed by atoms with Crippen molar-refractivity contribution in [1.82, 2.24) is 5.32 Å². The van der Waals surface area contributed by atoms with Crippen LogP contribution >= 0.6 is 0 Å². The molecule has 17 heavy (non-hydrogen) atoms. The molecule has 1 rings (SSSR count). The van der Waals surface area contributed by atoms with Crippen LogP contribution in [0.2, 0.25) is 0 Å². The molecular formula is C13H20N2O2. The Morgan fingerprint density at radius 1 is 1.18 bits per heavy atom. The van der Waals surface area contributed by atoms with Gasteiger partial charge in [0.1, 0.15) is 0 Å². The molecule has 4 heteroatoms. The number of non-ortho nitro benzene ring substituents is 1. The zero-order chi connectivity index (χ0) is 13.0. The highest BCUT2D eigenvalue weighted by molar-refractivity contribution is 5.35. The molecule has 94 valence electrons. The summed E-state index contributed by atoms with van der Waals surface area (Å²) in [4.78, 5) is 10.2. The summed E-state index contributed by atoms with van der Waals surface area (Å²) >= 11 is 0. The summed E-state index contributed by atoms with van der Waals surface area (Å²) < 4.78 is 0. The average molecular weight is 236 g/mol. The van der Waals surface area contributed by atoms with Crippen LogP contribution in [0, 0.1) is 16.0 Å². The van der Waals surface area contributed by atoms with Crippen molar-refractivity contribution in [1.29, 1.82) is 0 Å². The van der Waals surface area contributed by atoms with E-state index in [1.807, 2.05) is 19.2 Å². The number of hydrogen-bond acceptors (Lipinski definition) is 3. The molecule has 4 nitrogen and oxygen atoms in total. The Bertz CT molecular complexity index is 374. The molecule has 0 spiro atoms. The lowest BCUT2D eigenvalue weighted by molar-refractivity contribution is -0.384. The van der Waals surface area contributed by atoms with Crippen LogP contribution < -0.4 is 5.32 Å². The molecule has 0 saturated carbocycles. The van der Waals surface area contributed by atoms with Crippen LogP contribution in [-0.2, 0) is 0 Å². The molecule has 1 aromatic carbocycles. The van der Waals surface area contributed by atoms with Gasteiger partial charge in [0.05, 0.1) is 4.92 Å². The minimum Gasteiger partial charge on any atom is -0.317 e. The fourth-order valence-corrected chi connectivity index (χ4v) is 2.25. The van der Waals surface area contributed by atoms with E-state index < -0.39 is 0 Å². The zero-order valence-electron chi connectivity index (χ0n) is 10.8. The van der Waals surface area contributed by atoms with E-state index in [-0.39, 0.29) is 10.6 Å². The van der Waals surface area contributed by atoms with E-state index in [0.717, 1.165) is 5.56 Å². The summed E-state index contributed by atoms with van der Waals surface area (Å²) in [5.41, 5.74) is 1.29. The summed E-state index contributed by atoms with van der Waals surface area (Å²) in [6.07, 6.45) is 0. The lowest BCUT2D eigenvalue weighted by Crippen LogP contribution is -2.31. The topological polar surface area (TPSA) is 55.2 Å². The van der Waals surface area contributed by atoms with Gasteiger partial charge in [-0.2, -0.15) is 0 Å². The second-order valence-electron chi connectivity index (χ2n) is 4.70. The van der Waals surface area contributed by atoms with E-state index in [2.05, 4.69) is 26.1 Å². The lowest BCUT2D eigenvalue weighted by atomic mass is 9.83. The van der Waals surface area contributed by atoms with E-state index in [0.29, 0.717) is 17.9 Å². The van der Waals surface area contributed by atoms with Gasteiger partial charge in [-0.3, -0.25) is 10.1 Å². The lowest BCUT2D eigenvalue weighted by Gasteiger charge is -2.27. The summed E-state index contributed by atoms with van der Waals surface area (Å²) in [6, 6.07) is 7.21. The van der Waals surface area contributed by atoms with E-state index in [1.54, 1.807) is 12.1 Å². The number of nitrogens with zero attached hydrogens (tertiary/aromatic N) is 1. The Balaban J connectivity index is 2.99. The van der Waals surface area contributed by atoms with Crippen molar-refractivity contribution >= 4 is 5.69 Å². The molecule has 0 amide bonds. The fourth-order valence-electron chi connectivity index (χ4n) is 2.25. The Morgan fingerprint density at radius 3 is 2.06 bits per heavy atom. The third-order valence-electron chi connectivity index (χ3n) is 3.20. The molecule has 0 aliphatic rings. The molecule has 1 aromatic rings. The maximum Gasteiger partial charge on any atom is 0.269 e. The Hall–Kier alpha value is -1.42.